The maximum atomic E-state index is 11.6. The quantitative estimate of drug-likeness (QED) is 0.0547. The van der Waals surface area contributed by atoms with Crippen molar-refractivity contribution in [2.45, 2.75) is 97.3 Å². The van der Waals surface area contributed by atoms with Crippen LogP contribution in [0.4, 0.5) is 0 Å². The molecule has 0 atom stereocenters. The molecular formula is C39H78O13. The van der Waals surface area contributed by atoms with E-state index < -0.39 is 0 Å². The normalized spacial score (nSPS) is 11.5. The molecule has 0 unspecified atom stereocenters. The van der Waals surface area contributed by atoms with Crippen molar-refractivity contribution in [2.75, 3.05) is 152 Å². The fourth-order valence-electron chi connectivity index (χ4n) is 4.62. The van der Waals surface area contributed by atoms with Gasteiger partial charge in [-0.3, -0.25) is 4.79 Å². The fraction of sp³-hybridized carbons (Fsp3) is 0.974. The number of carbonyl (C=O) groups is 1. The predicted octanol–water partition coefficient (Wildman–Crippen LogP) is 5.82. The van der Waals surface area contributed by atoms with E-state index in [1.807, 2.05) is 0 Å². The minimum absolute atomic E-state index is 0.151. The highest BCUT2D eigenvalue weighted by molar-refractivity contribution is 5.69. The van der Waals surface area contributed by atoms with E-state index in [1.54, 1.807) is 0 Å². The monoisotopic (exact) mass is 755 g/mol. The molecule has 13 nitrogen and oxygen atoms in total. The van der Waals surface area contributed by atoms with Gasteiger partial charge in [-0.2, -0.15) is 0 Å². The largest absolute Gasteiger partial charge is 0.463 e. The minimum Gasteiger partial charge on any atom is -0.463 e. The summed E-state index contributed by atoms with van der Waals surface area (Å²) in [6.45, 7) is 16.3. The molecule has 0 fully saturated rings. The van der Waals surface area contributed by atoms with E-state index in [9.17, 15) is 4.79 Å². The second kappa shape index (κ2) is 48.0. The first-order valence-electron chi connectivity index (χ1n) is 20.3. The number of esters is 1. The molecule has 0 aliphatic carbocycles. The Morgan fingerprint density at radius 2 is 0.500 bits per heavy atom. The molecule has 0 amide bonds. The molecule has 0 saturated heterocycles. The predicted molar refractivity (Wildman–Crippen MR) is 201 cm³/mol. The Hall–Kier alpha value is -0.970. The van der Waals surface area contributed by atoms with Crippen LogP contribution in [0.1, 0.15) is 97.3 Å². The topological polar surface area (TPSA) is 128 Å². The Balaban J connectivity index is 3.08. The maximum absolute atomic E-state index is 11.6. The molecule has 0 aromatic heterocycles. The summed E-state index contributed by atoms with van der Waals surface area (Å²) >= 11 is 0. The first-order valence-corrected chi connectivity index (χ1v) is 20.3. The minimum atomic E-state index is -0.151. The highest BCUT2D eigenvalue weighted by atomic mass is 16.6. The molecule has 0 bridgehead atoms. The van der Waals surface area contributed by atoms with Crippen LogP contribution in [0.15, 0.2) is 0 Å². The Labute approximate surface area is 316 Å². The summed E-state index contributed by atoms with van der Waals surface area (Å²) in [4.78, 5) is 11.6. The summed E-state index contributed by atoms with van der Waals surface area (Å²) in [5.74, 6) is -0.151. The van der Waals surface area contributed by atoms with Gasteiger partial charge in [0.05, 0.1) is 139 Å². The number of rotatable bonds is 47. The van der Waals surface area contributed by atoms with Crippen molar-refractivity contribution < 1.29 is 61.6 Å². The molecule has 0 rings (SSSR count). The molecule has 0 radical (unpaired) electrons. The molecule has 0 N–H and O–H groups in total. The van der Waals surface area contributed by atoms with E-state index in [4.69, 9.17) is 56.8 Å². The van der Waals surface area contributed by atoms with Crippen molar-refractivity contribution >= 4 is 5.97 Å². The summed E-state index contributed by atoms with van der Waals surface area (Å²) in [6.07, 6.45) is 15.3. The zero-order valence-corrected chi connectivity index (χ0v) is 33.3. The molecule has 52 heavy (non-hydrogen) atoms. The standard InChI is InChI=1S/C39H78O13/c1-3-5-7-9-10-11-12-14-16-41-17-18-42-19-20-43-21-22-44-23-24-45-25-26-46-27-28-47-29-30-48-31-32-49-33-34-50-35-36-51-37-38-52-39(40)15-13-8-6-4-2/h3-38H2,1-2H3. The highest BCUT2D eigenvalue weighted by Crippen LogP contribution is 2.08. The lowest BCUT2D eigenvalue weighted by atomic mass is 10.1. The summed E-state index contributed by atoms with van der Waals surface area (Å²) in [5, 5.41) is 0. The Bertz CT molecular complexity index is 660. The van der Waals surface area contributed by atoms with Gasteiger partial charge in [0.2, 0.25) is 0 Å². The Kier molecular flexibility index (Phi) is 47.2. The average molecular weight is 755 g/mol. The third-order valence-electron chi connectivity index (χ3n) is 7.59. The van der Waals surface area contributed by atoms with E-state index in [-0.39, 0.29) is 12.6 Å². The van der Waals surface area contributed by atoms with Gasteiger partial charge in [-0.25, -0.2) is 0 Å². The van der Waals surface area contributed by atoms with Gasteiger partial charge in [0.1, 0.15) is 6.61 Å². The first-order chi connectivity index (χ1) is 25.8. The van der Waals surface area contributed by atoms with Crippen molar-refractivity contribution in [1.82, 2.24) is 0 Å². The lowest BCUT2D eigenvalue weighted by molar-refractivity contribution is -0.145. The maximum Gasteiger partial charge on any atom is 0.305 e. The number of unbranched alkanes of at least 4 members (excludes halogenated alkanes) is 10. The number of carbonyl (C=O) groups excluding carboxylic acids is 1. The summed E-state index contributed by atoms with van der Waals surface area (Å²) < 4.78 is 65.7. The molecule has 0 aliphatic heterocycles. The zero-order chi connectivity index (χ0) is 37.5. The van der Waals surface area contributed by atoms with E-state index in [1.165, 1.54) is 44.9 Å². The van der Waals surface area contributed by atoms with E-state index in [0.717, 1.165) is 38.7 Å². The van der Waals surface area contributed by atoms with Gasteiger partial charge in [0, 0.05) is 13.0 Å². The molecule has 0 aromatic rings. The van der Waals surface area contributed by atoms with Crippen LogP contribution in [-0.2, 0) is 61.6 Å². The second-order valence-electron chi connectivity index (χ2n) is 12.2. The summed E-state index contributed by atoms with van der Waals surface area (Å²) in [5.41, 5.74) is 0. The Morgan fingerprint density at radius 1 is 0.269 bits per heavy atom. The second-order valence-corrected chi connectivity index (χ2v) is 12.2. The average Bonchev–Trinajstić information content (AvgIpc) is 3.15. The summed E-state index contributed by atoms with van der Waals surface area (Å²) in [6, 6.07) is 0. The molecule has 0 spiro atoms. The van der Waals surface area contributed by atoms with Crippen LogP contribution in [0.25, 0.3) is 0 Å². The van der Waals surface area contributed by atoms with Crippen molar-refractivity contribution in [3.63, 3.8) is 0 Å². The first kappa shape index (κ1) is 51.0. The lowest BCUT2D eigenvalue weighted by Gasteiger charge is -2.09. The molecular weight excluding hydrogens is 676 g/mol. The molecule has 0 saturated carbocycles. The van der Waals surface area contributed by atoms with Gasteiger partial charge < -0.3 is 56.8 Å². The SMILES string of the molecule is CCCCCCCCCCOCCOCCOCCOCCOCCOCCOCCOCCOCCOCCOCCOC(=O)CCCCCC. The third kappa shape index (κ3) is 47.1. The van der Waals surface area contributed by atoms with Crippen LogP contribution in [0.5, 0.6) is 0 Å². The van der Waals surface area contributed by atoms with Crippen LogP contribution in [0, 0.1) is 0 Å². The smallest absolute Gasteiger partial charge is 0.305 e. The van der Waals surface area contributed by atoms with Gasteiger partial charge in [-0.15, -0.1) is 0 Å². The van der Waals surface area contributed by atoms with Gasteiger partial charge in [-0.1, -0.05) is 78.1 Å². The van der Waals surface area contributed by atoms with Gasteiger partial charge in [0.15, 0.2) is 0 Å². The van der Waals surface area contributed by atoms with Gasteiger partial charge >= 0.3 is 5.97 Å². The van der Waals surface area contributed by atoms with Crippen molar-refractivity contribution in [3.8, 4) is 0 Å². The molecule has 0 aromatic carbocycles. The Morgan fingerprint density at radius 3 is 0.808 bits per heavy atom. The van der Waals surface area contributed by atoms with Crippen LogP contribution < -0.4 is 0 Å². The highest BCUT2D eigenvalue weighted by Gasteiger charge is 2.02. The van der Waals surface area contributed by atoms with Crippen molar-refractivity contribution in [3.05, 3.63) is 0 Å². The number of hydrogen-bond donors (Lipinski definition) is 0. The van der Waals surface area contributed by atoms with Crippen LogP contribution in [-0.4, -0.2) is 158 Å². The van der Waals surface area contributed by atoms with Crippen LogP contribution >= 0.6 is 0 Å². The fourth-order valence-corrected chi connectivity index (χ4v) is 4.62. The third-order valence-corrected chi connectivity index (χ3v) is 7.59. The van der Waals surface area contributed by atoms with Gasteiger partial charge in [-0.05, 0) is 12.8 Å². The van der Waals surface area contributed by atoms with Gasteiger partial charge in [0.25, 0.3) is 0 Å². The van der Waals surface area contributed by atoms with Crippen LogP contribution in [0.3, 0.4) is 0 Å². The number of ether oxygens (including phenoxy) is 12. The van der Waals surface area contributed by atoms with E-state index in [0.29, 0.717) is 145 Å². The molecule has 0 aliphatic rings. The summed E-state index contributed by atoms with van der Waals surface area (Å²) in [7, 11) is 0. The number of hydrogen-bond acceptors (Lipinski definition) is 13. The van der Waals surface area contributed by atoms with E-state index >= 15 is 0 Å². The zero-order valence-electron chi connectivity index (χ0n) is 33.3. The lowest BCUT2D eigenvalue weighted by Crippen LogP contribution is -2.15. The molecule has 0 heterocycles. The van der Waals surface area contributed by atoms with E-state index in [2.05, 4.69) is 13.8 Å². The van der Waals surface area contributed by atoms with Crippen LogP contribution in [0.2, 0.25) is 0 Å². The molecule has 312 valence electrons. The molecule has 13 heteroatoms. The van der Waals surface area contributed by atoms with Crippen molar-refractivity contribution in [1.29, 1.82) is 0 Å². The van der Waals surface area contributed by atoms with Crippen molar-refractivity contribution in [2.24, 2.45) is 0 Å².